The first-order valence-corrected chi connectivity index (χ1v) is 15.5. The van der Waals surface area contributed by atoms with Crippen LogP contribution >= 0.6 is 0 Å². The standard InChI is InChI=1S/C33H44F2N6O/c1-3-8-30(38-27-13-12-24-15-26(34)16-29(35)28(24)17-27)33(42)39-32-21-41(22-37-32)31-11-6-5-10-25(31)19-36-18-23-9-7-14-40(4-2)20-23/h5-6,10-11,15-16,21-23,27,30,36,38H,3-4,7-9,12-14,17-20H2,1-2H3,(H,39,42)/t23?,27-,30+/m0/s1. The smallest absolute Gasteiger partial charge is 0.242 e. The van der Waals surface area contributed by atoms with E-state index in [1.165, 1.54) is 31.0 Å². The quantitative estimate of drug-likeness (QED) is 0.275. The van der Waals surface area contributed by atoms with Gasteiger partial charge in [0, 0.05) is 25.2 Å². The van der Waals surface area contributed by atoms with Gasteiger partial charge in [0.05, 0.1) is 17.9 Å². The maximum absolute atomic E-state index is 14.4. The van der Waals surface area contributed by atoms with Crippen LogP contribution in [0.1, 0.15) is 62.6 Å². The summed E-state index contributed by atoms with van der Waals surface area (Å²) in [4.78, 5) is 20.3. The molecular formula is C33H44F2N6O. The second kappa shape index (κ2) is 14.4. The van der Waals surface area contributed by atoms with Gasteiger partial charge in [0.1, 0.15) is 18.0 Å². The van der Waals surface area contributed by atoms with E-state index in [-0.39, 0.29) is 11.9 Å². The fraction of sp³-hybridized carbons (Fsp3) is 0.515. The van der Waals surface area contributed by atoms with E-state index in [4.69, 9.17) is 0 Å². The van der Waals surface area contributed by atoms with Crippen LogP contribution in [-0.2, 0) is 24.2 Å². The van der Waals surface area contributed by atoms with Crippen molar-refractivity contribution < 1.29 is 13.6 Å². The van der Waals surface area contributed by atoms with Crippen LogP contribution in [0.4, 0.5) is 14.6 Å². The highest BCUT2D eigenvalue weighted by Crippen LogP contribution is 2.26. The van der Waals surface area contributed by atoms with E-state index < -0.39 is 17.7 Å². The van der Waals surface area contributed by atoms with E-state index in [0.717, 1.165) is 56.3 Å². The summed E-state index contributed by atoms with van der Waals surface area (Å²) in [7, 11) is 0. The van der Waals surface area contributed by atoms with Gasteiger partial charge in [-0.25, -0.2) is 13.8 Å². The molecule has 0 bridgehead atoms. The Morgan fingerprint density at radius 3 is 2.86 bits per heavy atom. The summed E-state index contributed by atoms with van der Waals surface area (Å²) >= 11 is 0. The van der Waals surface area contributed by atoms with Gasteiger partial charge in [-0.05, 0) is 92.9 Å². The normalized spacial score (nSPS) is 19.8. The minimum absolute atomic E-state index is 0.0599. The molecule has 1 aliphatic heterocycles. The summed E-state index contributed by atoms with van der Waals surface area (Å²) in [5.74, 6) is -0.0386. The molecule has 226 valence electrons. The van der Waals surface area contributed by atoms with Gasteiger partial charge in [0.2, 0.25) is 5.91 Å². The lowest BCUT2D eigenvalue weighted by Crippen LogP contribution is -2.48. The van der Waals surface area contributed by atoms with Crippen LogP contribution in [0.15, 0.2) is 48.9 Å². The number of carbonyl (C=O) groups is 1. The van der Waals surface area contributed by atoms with Crippen molar-refractivity contribution in [3.05, 3.63) is 77.2 Å². The Labute approximate surface area is 248 Å². The highest BCUT2D eigenvalue weighted by atomic mass is 19.1. The molecule has 2 aromatic carbocycles. The largest absolute Gasteiger partial charge is 0.312 e. The molecule has 0 saturated carbocycles. The van der Waals surface area contributed by atoms with E-state index in [1.807, 2.05) is 29.8 Å². The molecule has 9 heteroatoms. The monoisotopic (exact) mass is 578 g/mol. The number of anilines is 1. The van der Waals surface area contributed by atoms with Crippen molar-refractivity contribution in [1.29, 1.82) is 0 Å². The number of likely N-dealkylation sites (tertiary alicyclic amines) is 1. The zero-order valence-electron chi connectivity index (χ0n) is 24.8. The second-order valence-electron chi connectivity index (χ2n) is 11.8. The molecule has 3 atom stereocenters. The lowest BCUT2D eigenvalue weighted by Gasteiger charge is -2.32. The van der Waals surface area contributed by atoms with Crippen LogP contribution in [0.5, 0.6) is 0 Å². The number of rotatable bonds is 12. The Morgan fingerprint density at radius 1 is 1.17 bits per heavy atom. The number of nitrogens with zero attached hydrogens (tertiary/aromatic N) is 3. The molecule has 1 saturated heterocycles. The Balaban J connectivity index is 1.18. The average Bonchev–Trinajstić information content (AvgIpc) is 3.45. The molecule has 1 unspecified atom stereocenters. The van der Waals surface area contributed by atoms with Gasteiger partial charge in [-0.1, -0.05) is 38.5 Å². The van der Waals surface area contributed by atoms with E-state index >= 15 is 0 Å². The Hall–Kier alpha value is -3.14. The topological polar surface area (TPSA) is 74.2 Å². The highest BCUT2D eigenvalue weighted by molar-refractivity contribution is 5.94. The van der Waals surface area contributed by atoms with Crippen molar-refractivity contribution in [2.24, 2.45) is 5.92 Å². The second-order valence-corrected chi connectivity index (χ2v) is 11.8. The zero-order valence-corrected chi connectivity index (χ0v) is 24.8. The van der Waals surface area contributed by atoms with Gasteiger partial charge in [0.15, 0.2) is 5.82 Å². The number of piperidine rings is 1. The molecule has 7 nitrogen and oxygen atoms in total. The molecule has 2 aliphatic rings. The van der Waals surface area contributed by atoms with Gasteiger partial charge in [0.25, 0.3) is 0 Å². The number of hydrogen-bond acceptors (Lipinski definition) is 5. The number of hydrogen-bond donors (Lipinski definition) is 3. The Bertz CT molecular complexity index is 1340. The van der Waals surface area contributed by atoms with Crippen molar-refractivity contribution in [2.75, 3.05) is 31.5 Å². The first kappa shape index (κ1) is 30.3. The maximum atomic E-state index is 14.4. The number of carbonyl (C=O) groups excluding carboxylic acids is 1. The zero-order chi connectivity index (χ0) is 29.5. The number of aryl methyl sites for hydroxylation is 1. The molecule has 1 fully saturated rings. The summed E-state index contributed by atoms with van der Waals surface area (Å²) in [5, 5.41) is 10.1. The Morgan fingerprint density at radius 2 is 2.02 bits per heavy atom. The fourth-order valence-electron chi connectivity index (χ4n) is 6.45. The Kier molecular flexibility index (Phi) is 10.4. The third kappa shape index (κ3) is 7.62. The van der Waals surface area contributed by atoms with Crippen molar-refractivity contribution in [1.82, 2.24) is 25.1 Å². The SMILES string of the molecule is CCC[C@@H](N[C@H]1CCc2cc(F)cc(F)c2C1)C(=O)Nc1cn(-c2ccccc2CNCC2CCCN(CC)C2)cn1. The van der Waals surface area contributed by atoms with E-state index in [0.29, 0.717) is 36.6 Å². The molecule has 5 rings (SSSR count). The number of para-hydroxylation sites is 1. The molecule has 1 aromatic heterocycles. The van der Waals surface area contributed by atoms with Crippen molar-refractivity contribution >= 4 is 11.7 Å². The van der Waals surface area contributed by atoms with Crippen LogP contribution in [0, 0.1) is 17.6 Å². The molecule has 42 heavy (non-hydrogen) atoms. The van der Waals surface area contributed by atoms with E-state index in [9.17, 15) is 13.6 Å². The first-order valence-electron chi connectivity index (χ1n) is 15.5. The molecule has 3 aromatic rings. The molecular weight excluding hydrogens is 534 g/mol. The van der Waals surface area contributed by atoms with Crippen LogP contribution in [0.3, 0.4) is 0 Å². The van der Waals surface area contributed by atoms with Crippen molar-refractivity contribution in [3.8, 4) is 5.69 Å². The van der Waals surface area contributed by atoms with Gasteiger partial charge < -0.3 is 25.4 Å². The third-order valence-corrected chi connectivity index (χ3v) is 8.70. The average molecular weight is 579 g/mol. The van der Waals surface area contributed by atoms with Gasteiger partial charge >= 0.3 is 0 Å². The number of nitrogens with one attached hydrogen (secondary N) is 3. The maximum Gasteiger partial charge on any atom is 0.242 e. The minimum atomic E-state index is -0.540. The molecule has 2 heterocycles. The number of amides is 1. The molecule has 1 aliphatic carbocycles. The number of halogens is 2. The van der Waals surface area contributed by atoms with Crippen molar-refractivity contribution in [3.63, 3.8) is 0 Å². The predicted molar refractivity (Wildman–Crippen MR) is 163 cm³/mol. The lowest BCUT2D eigenvalue weighted by molar-refractivity contribution is -0.118. The summed E-state index contributed by atoms with van der Waals surface area (Å²) in [6.45, 7) is 9.52. The summed E-state index contributed by atoms with van der Waals surface area (Å²) in [5.41, 5.74) is 3.47. The number of fused-ring (bicyclic) bond motifs is 1. The number of aromatic nitrogens is 2. The number of benzene rings is 2. The molecule has 3 N–H and O–H groups in total. The minimum Gasteiger partial charge on any atom is -0.312 e. The fourth-order valence-corrected chi connectivity index (χ4v) is 6.45. The number of imidazole rings is 1. The van der Waals surface area contributed by atoms with Gasteiger partial charge in [-0.2, -0.15) is 0 Å². The molecule has 1 amide bonds. The molecule has 0 radical (unpaired) electrons. The van der Waals surface area contributed by atoms with Crippen molar-refractivity contribution in [2.45, 2.75) is 77.4 Å². The van der Waals surface area contributed by atoms with Crippen LogP contribution in [-0.4, -0.2) is 58.6 Å². The summed E-state index contributed by atoms with van der Waals surface area (Å²) in [6.07, 6.45) is 9.33. The van der Waals surface area contributed by atoms with E-state index in [2.05, 4.69) is 44.9 Å². The first-order chi connectivity index (χ1) is 20.4. The van der Waals surface area contributed by atoms with Gasteiger partial charge in [-0.15, -0.1) is 0 Å². The summed E-state index contributed by atoms with van der Waals surface area (Å²) in [6, 6.07) is 10.1. The third-order valence-electron chi connectivity index (χ3n) is 8.70. The molecule has 0 spiro atoms. The highest BCUT2D eigenvalue weighted by Gasteiger charge is 2.27. The van der Waals surface area contributed by atoms with Crippen LogP contribution in [0.25, 0.3) is 5.69 Å². The lowest BCUT2D eigenvalue weighted by atomic mass is 9.87. The predicted octanol–water partition coefficient (Wildman–Crippen LogP) is 5.23. The van der Waals surface area contributed by atoms with Crippen LogP contribution in [0.2, 0.25) is 0 Å². The van der Waals surface area contributed by atoms with Crippen LogP contribution < -0.4 is 16.0 Å². The van der Waals surface area contributed by atoms with E-state index in [1.54, 1.807) is 6.33 Å². The summed E-state index contributed by atoms with van der Waals surface area (Å²) < 4.78 is 30.0. The van der Waals surface area contributed by atoms with Gasteiger partial charge in [-0.3, -0.25) is 4.79 Å².